The van der Waals surface area contributed by atoms with Gasteiger partial charge in [0, 0.05) is 18.7 Å². The molecular formula is C12H18FN3. The van der Waals surface area contributed by atoms with Gasteiger partial charge in [0.2, 0.25) is 5.95 Å². The Kier molecular flexibility index (Phi) is 3.70. The van der Waals surface area contributed by atoms with Crippen LogP contribution in [0.1, 0.15) is 39.0 Å². The summed E-state index contributed by atoms with van der Waals surface area (Å²) in [6, 6.07) is 1.94. The van der Waals surface area contributed by atoms with Crippen molar-refractivity contribution in [2.24, 2.45) is 0 Å². The summed E-state index contributed by atoms with van der Waals surface area (Å²) in [5, 5.41) is 0. The standard InChI is InChI=1S/C12H18FN3/c1-2-10-6-4-3-5-7-16(10)12-8-11(13)14-9-15-12/h8-10H,2-7H2,1H3. The molecule has 0 radical (unpaired) electrons. The van der Waals surface area contributed by atoms with Crippen molar-refractivity contribution in [1.82, 2.24) is 9.97 Å². The maximum Gasteiger partial charge on any atom is 0.218 e. The zero-order chi connectivity index (χ0) is 11.4. The third-order valence-corrected chi connectivity index (χ3v) is 3.26. The van der Waals surface area contributed by atoms with E-state index in [2.05, 4.69) is 21.8 Å². The van der Waals surface area contributed by atoms with Gasteiger partial charge < -0.3 is 4.90 Å². The number of hydrogen-bond acceptors (Lipinski definition) is 3. The molecule has 1 saturated heterocycles. The predicted molar refractivity (Wildman–Crippen MR) is 61.9 cm³/mol. The van der Waals surface area contributed by atoms with Crippen molar-refractivity contribution >= 4 is 5.82 Å². The van der Waals surface area contributed by atoms with Crippen LogP contribution in [-0.2, 0) is 0 Å². The van der Waals surface area contributed by atoms with Gasteiger partial charge in [0.15, 0.2) is 0 Å². The molecule has 1 atom stereocenters. The molecule has 0 N–H and O–H groups in total. The number of anilines is 1. The van der Waals surface area contributed by atoms with Crippen molar-refractivity contribution < 1.29 is 4.39 Å². The fraction of sp³-hybridized carbons (Fsp3) is 0.667. The van der Waals surface area contributed by atoms with Crippen molar-refractivity contribution in [1.29, 1.82) is 0 Å². The van der Waals surface area contributed by atoms with Crippen LogP contribution in [0.25, 0.3) is 0 Å². The quantitative estimate of drug-likeness (QED) is 0.722. The van der Waals surface area contributed by atoms with Gasteiger partial charge in [-0.2, -0.15) is 4.39 Å². The first-order valence-electron chi connectivity index (χ1n) is 6.05. The van der Waals surface area contributed by atoms with Gasteiger partial charge >= 0.3 is 0 Å². The van der Waals surface area contributed by atoms with Crippen LogP contribution in [0.3, 0.4) is 0 Å². The van der Waals surface area contributed by atoms with Crippen molar-refractivity contribution in [2.45, 2.75) is 45.1 Å². The van der Waals surface area contributed by atoms with Crippen LogP contribution in [0.2, 0.25) is 0 Å². The second kappa shape index (κ2) is 5.23. The molecule has 1 aromatic heterocycles. The van der Waals surface area contributed by atoms with Gasteiger partial charge in [0.1, 0.15) is 12.1 Å². The molecule has 88 valence electrons. The fourth-order valence-electron chi connectivity index (χ4n) is 2.38. The smallest absolute Gasteiger partial charge is 0.218 e. The highest BCUT2D eigenvalue weighted by molar-refractivity contribution is 5.38. The molecule has 4 heteroatoms. The minimum absolute atomic E-state index is 0.441. The molecule has 0 bridgehead atoms. The van der Waals surface area contributed by atoms with E-state index >= 15 is 0 Å². The van der Waals surface area contributed by atoms with Crippen molar-refractivity contribution in [3.8, 4) is 0 Å². The van der Waals surface area contributed by atoms with Gasteiger partial charge in [-0.3, -0.25) is 0 Å². The van der Waals surface area contributed by atoms with Crippen LogP contribution < -0.4 is 4.90 Å². The van der Waals surface area contributed by atoms with E-state index in [1.54, 1.807) is 0 Å². The van der Waals surface area contributed by atoms with Crippen LogP contribution in [0.5, 0.6) is 0 Å². The highest BCUT2D eigenvalue weighted by atomic mass is 19.1. The molecule has 3 nitrogen and oxygen atoms in total. The predicted octanol–water partition coefficient (Wildman–Crippen LogP) is 2.77. The number of rotatable bonds is 2. The SMILES string of the molecule is CCC1CCCCCN1c1cc(F)ncn1. The highest BCUT2D eigenvalue weighted by Gasteiger charge is 2.20. The summed E-state index contributed by atoms with van der Waals surface area (Å²) in [5.74, 6) is 0.297. The third kappa shape index (κ3) is 2.49. The van der Waals surface area contributed by atoms with E-state index in [9.17, 15) is 4.39 Å². The first-order valence-corrected chi connectivity index (χ1v) is 6.05. The van der Waals surface area contributed by atoms with Gasteiger partial charge in [-0.25, -0.2) is 9.97 Å². The molecule has 1 aromatic rings. The normalized spacial score (nSPS) is 21.9. The minimum Gasteiger partial charge on any atom is -0.353 e. The maximum absolute atomic E-state index is 13.1. The second-order valence-corrected chi connectivity index (χ2v) is 4.30. The summed E-state index contributed by atoms with van der Waals surface area (Å²) in [6.07, 6.45) is 7.28. The molecule has 16 heavy (non-hydrogen) atoms. The van der Waals surface area contributed by atoms with E-state index in [0.29, 0.717) is 6.04 Å². The second-order valence-electron chi connectivity index (χ2n) is 4.30. The van der Waals surface area contributed by atoms with Crippen LogP contribution in [0.15, 0.2) is 12.4 Å². The van der Waals surface area contributed by atoms with Gasteiger partial charge in [-0.05, 0) is 19.3 Å². The molecule has 1 aliphatic heterocycles. The van der Waals surface area contributed by atoms with Crippen molar-refractivity contribution in [3.05, 3.63) is 18.3 Å². The molecule has 0 aliphatic carbocycles. The Morgan fingerprint density at radius 3 is 3.00 bits per heavy atom. The summed E-state index contributed by atoms with van der Waals surface area (Å²) in [5.41, 5.74) is 0. The average Bonchev–Trinajstić information content (AvgIpc) is 2.53. The number of nitrogens with zero attached hydrogens (tertiary/aromatic N) is 3. The lowest BCUT2D eigenvalue weighted by molar-refractivity contribution is 0.542. The Balaban J connectivity index is 2.21. The number of halogens is 1. The summed E-state index contributed by atoms with van der Waals surface area (Å²) in [6.45, 7) is 3.16. The summed E-state index contributed by atoms with van der Waals surface area (Å²) < 4.78 is 13.1. The molecule has 0 spiro atoms. The van der Waals surface area contributed by atoms with Crippen LogP contribution >= 0.6 is 0 Å². The molecule has 1 unspecified atom stereocenters. The van der Waals surface area contributed by atoms with E-state index < -0.39 is 5.95 Å². The van der Waals surface area contributed by atoms with E-state index in [0.717, 1.165) is 18.8 Å². The monoisotopic (exact) mass is 223 g/mol. The lowest BCUT2D eigenvalue weighted by Crippen LogP contribution is -2.35. The summed E-state index contributed by atoms with van der Waals surface area (Å²) in [4.78, 5) is 9.92. The Bertz CT molecular complexity index is 343. The first kappa shape index (κ1) is 11.3. The number of hydrogen-bond donors (Lipinski definition) is 0. The van der Waals surface area contributed by atoms with Crippen molar-refractivity contribution in [2.75, 3.05) is 11.4 Å². The van der Waals surface area contributed by atoms with Crippen LogP contribution in [0, 0.1) is 5.95 Å². The molecule has 0 saturated carbocycles. The molecule has 0 aromatic carbocycles. The van der Waals surface area contributed by atoms with Gasteiger partial charge in [0.25, 0.3) is 0 Å². The zero-order valence-electron chi connectivity index (χ0n) is 9.69. The summed E-state index contributed by atoms with van der Waals surface area (Å²) in [7, 11) is 0. The Hall–Kier alpha value is -1.19. The summed E-state index contributed by atoms with van der Waals surface area (Å²) >= 11 is 0. The van der Waals surface area contributed by atoms with E-state index in [-0.39, 0.29) is 0 Å². The minimum atomic E-state index is -0.441. The molecule has 0 amide bonds. The lowest BCUT2D eigenvalue weighted by atomic mass is 10.1. The molecular weight excluding hydrogens is 205 g/mol. The maximum atomic E-state index is 13.1. The Morgan fingerprint density at radius 2 is 2.25 bits per heavy atom. The average molecular weight is 223 g/mol. The van der Waals surface area contributed by atoms with E-state index in [4.69, 9.17) is 0 Å². The zero-order valence-corrected chi connectivity index (χ0v) is 9.69. The molecule has 2 heterocycles. The topological polar surface area (TPSA) is 29.0 Å². The largest absolute Gasteiger partial charge is 0.353 e. The van der Waals surface area contributed by atoms with E-state index in [1.807, 2.05) is 0 Å². The molecule has 1 aliphatic rings. The fourth-order valence-corrected chi connectivity index (χ4v) is 2.38. The lowest BCUT2D eigenvalue weighted by Gasteiger charge is -2.30. The van der Waals surface area contributed by atoms with Gasteiger partial charge in [-0.15, -0.1) is 0 Å². The Morgan fingerprint density at radius 1 is 1.38 bits per heavy atom. The first-order chi connectivity index (χ1) is 7.81. The van der Waals surface area contributed by atoms with E-state index in [1.165, 1.54) is 38.1 Å². The number of aromatic nitrogens is 2. The van der Waals surface area contributed by atoms with Gasteiger partial charge in [-0.1, -0.05) is 19.8 Å². The third-order valence-electron chi connectivity index (χ3n) is 3.26. The highest BCUT2D eigenvalue weighted by Crippen LogP contribution is 2.24. The van der Waals surface area contributed by atoms with Crippen LogP contribution in [0.4, 0.5) is 10.2 Å². The van der Waals surface area contributed by atoms with Crippen LogP contribution in [-0.4, -0.2) is 22.6 Å². The molecule has 1 fully saturated rings. The molecule has 2 rings (SSSR count). The Labute approximate surface area is 95.7 Å². The van der Waals surface area contributed by atoms with Gasteiger partial charge in [0.05, 0.1) is 0 Å². The van der Waals surface area contributed by atoms with Crippen molar-refractivity contribution in [3.63, 3.8) is 0 Å².